The molecule has 174 valence electrons. The maximum absolute atomic E-state index is 13.2. The average molecular weight is 469 g/mol. The Labute approximate surface area is 193 Å². The fraction of sp³-hybridized carbons (Fsp3) is 0.375. The van der Waals surface area contributed by atoms with Crippen LogP contribution in [0.3, 0.4) is 0 Å². The lowest BCUT2D eigenvalue weighted by molar-refractivity contribution is 0.0781. The van der Waals surface area contributed by atoms with Crippen LogP contribution < -0.4 is 5.56 Å². The highest BCUT2D eigenvalue weighted by Crippen LogP contribution is 2.27. The third-order valence-electron chi connectivity index (χ3n) is 5.95. The maximum Gasteiger partial charge on any atom is 0.258 e. The smallest absolute Gasteiger partial charge is 0.258 e. The summed E-state index contributed by atoms with van der Waals surface area (Å²) in [7, 11) is -2.11. The van der Waals surface area contributed by atoms with Gasteiger partial charge in [-0.25, -0.2) is 13.4 Å². The molecule has 0 unspecified atom stereocenters. The summed E-state index contributed by atoms with van der Waals surface area (Å²) in [6.07, 6.45) is 1.00. The first-order chi connectivity index (χ1) is 15.6. The van der Waals surface area contributed by atoms with Gasteiger partial charge in [-0.15, -0.1) is 0 Å². The van der Waals surface area contributed by atoms with Crippen LogP contribution >= 0.6 is 0 Å². The van der Waals surface area contributed by atoms with Crippen molar-refractivity contribution in [3.63, 3.8) is 0 Å². The number of amides is 1. The van der Waals surface area contributed by atoms with Gasteiger partial charge >= 0.3 is 0 Å². The zero-order valence-electron chi connectivity index (χ0n) is 19.0. The number of aromatic nitrogens is 2. The van der Waals surface area contributed by atoms with Gasteiger partial charge in [0.25, 0.3) is 11.5 Å². The van der Waals surface area contributed by atoms with Crippen molar-refractivity contribution in [1.29, 1.82) is 0 Å². The van der Waals surface area contributed by atoms with E-state index in [0.717, 1.165) is 6.42 Å². The van der Waals surface area contributed by atoms with Gasteiger partial charge < -0.3 is 9.88 Å². The van der Waals surface area contributed by atoms with Crippen LogP contribution in [0, 0.1) is 11.8 Å². The highest BCUT2D eigenvalue weighted by atomic mass is 32.2. The Hall–Kier alpha value is -3.04. The molecule has 2 atom stereocenters. The Balaban J connectivity index is 1.55. The molecule has 0 spiro atoms. The first kappa shape index (κ1) is 23.1. The van der Waals surface area contributed by atoms with Crippen molar-refractivity contribution in [2.45, 2.75) is 31.7 Å². The number of fused-ring (bicyclic) bond motifs is 1. The molecular weight excluding hydrogens is 440 g/mol. The Kier molecular flexibility index (Phi) is 6.36. The van der Waals surface area contributed by atoms with E-state index in [9.17, 15) is 18.0 Å². The zero-order chi connectivity index (χ0) is 23.8. The lowest BCUT2D eigenvalue weighted by Gasteiger charge is -2.34. The largest absolute Gasteiger partial charge is 0.334 e. The summed E-state index contributed by atoms with van der Waals surface area (Å²) in [5, 5.41) is 0.481. The van der Waals surface area contributed by atoms with Gasteiger partial charge in [-0.2, -0.15) is 4.31 Å². The minimum atomic E-state index is -3.70. The summed E-state index contributed by atoms with van der Waals surface area (Å²) in [5.41, 5.74) is 0.546. The zero-order valence-corrected chi connectivity index (χ0v) is 19.8. The number of hydrogen-bond acceptors (Lipinski definition) is 5. The number of rotatable bonds is 5. The van der Waals surface area contributed by atoms with Gasteiger partial charge in [-0.3, -0.25) is 9.59 Å². The van der Waals surface area contributed by atoms with Gasteiger partial charge in [0.05, 0.1) is 22.3 Å². The number of para-hydroxylation sites is 1. The van der Waals surface area contributed by atoms with Gasteiger partial charge in [0.1, 0.15) is 5.82 Å². The van der Waals surface area contributed by atoms with E-state index in [4.69, 9.17) is 0 Å². The molecule has 0 saturated carbocycles. The van der Waals surface area contributed by atoms with E-state index in [0.29, 0.717) is 29.8 Å². The van der Waals surface area contributed by atoms with Crippen LogP contribution in [0.2, 0.25) is 0 Å². The predicted molar refractivity (Wildman–Crippen MR) is 126 cm³/mol. The van der Waals surface area contributed by atoms with Crippen molar-refractivity contribution in [2.24, 2.45) is 11.8 Å². The van der Waals surface area contributed by atoms with E-state index in [1.807, 2.05) is 0 Å². The maximum atomic E-state index is 13.2. The van der Waals surface area contributed by atoms with Crippen molar-refractivity contribution < 1.29 is 13.2 Å². The molecule has 0 bridgehead atoms. The third-order valence-corrected chi connectivity index (χ3v) is 7.78. The Morgan fingerprint density at radius 1 is 1.12 bits per heavy atom. The third kappa shape index (κ3) is 4.84. The van der Waals surface area contributed by atoms with E-state index in [2.05, 4.69) is 23.8 Å². The van der Waals surface area contributed by atoms with Gasteiger partial charge in [0, 0.05) is 25.7 Å². The molecular formula is C24H28N4O4S. The van der Waals surface area contributed by atoms with E-state index in [-0.39, 0.29) is 40.3 Å². The van der Waals surface area contributed by atoms with E-state index < -0.39 is 10.0 Å². The highest BCUT2D eigenvalue weighted by molar-refractivity contribution is 7.89. The van der Waals surface area contributed by atoms with Crippen LogP contribution in [0.5, 0.6) is 0 Å². The van der Waals surface area contributed by atoms with Crippen molar-refractivity contribution >= 4 is 26.8 Å². The molecule has 2 aromatic carbocycles. The van der Waals surface area contributed by atoms with Crippen LogP contribution in [0.25, 0.3) is 10.9 Å². The second-order valence-corrected chi connectivity index (χ2v) is 10.9. The number of benzene rings is 2. The first-order valence-electron chi connectivity index (χ1n) is 11.0. The van der Waals surface area contributed by atoms with E-state index in [1.165, 1.54) is 21.3 Å². The lowest BCUT2D eigenvalue weighted by Crippen LogP contribution is -2.42. The van der Waals surface area contributed by atoms with Gasteiger partial charge in [-0.05, 0) is 48.6 Å². The van der Waals surface area contributed by atoms with Crippen molar-refractivity contribution in [3.05, 3.63) is 70.3 Å². The summed E-state index contributed by atoms with van der Waals surface area (Å²) in [6, 6.07) is 13.1. The number of nitrogens with one attached hydrogen (secondary N) is 1. The normalized spacial score (nSPS) is 19.5. The number of nitrogens with zero attached hydrogens (tertiary/aromatic N) is 3. The summed E-state index contributed by atoms with van der Waals surface area (Å²) >= 11 is 0. The number of H-pyrrole nitrogens is 1. The molecule has 1 fully saturated rings. The average Bonchev–Trinajstić information content (AvgIpc) is 2.78. The summed E-state index contributed by atoms with van der Waals surface area (Å²) < 4.78 is 28.0. The molecule has 3 aromatic rings. The van der Waals surface area contributed by atoms with Crippen LogP contribution in [0.15, 0.2) is 58.2 Å². The van der Waals surface area contributed by atoms with Crippen molar-refractivity contribution in [1.82, 2.24) is 19.2 Å². The molecule has 4 rings (SSSR count). The van der Waals surface area contributed by atoms with E-state index >= 15 is 0 Å². The topological polar surface area (TPSA) is 103 Å². The number of carbonyl (C=O) groups excluding carboxylic acids is 1. The Morgan fingerprint density at radius 3 is 2.55 bits per heavy atom. The molecule has 1 aliphatic rings. The van der Waals surface area contributed by atoms with Crippen molar-refractivity contribution in [3.8, 4) is 0 Å². The number of piperidine rings is 1. The standard InChI is InChI=1S/C24H28N4O4S/c1-16-11-17(2)14-28(13-16)33(31,32)19-8-6-7-18(12-19)24(30)27(3)15-22-25-21-10-5-4-9-20(21)23(29)26-22/h4-10,12,16-17H,11,13-15H2,1-3H3,(H,25,26,29)/t16-,17+. The molecule has 9 heteroatoms. The highest BCUT2D eigenvalue weighted by Gasteiger charge is 2.32. The van der Waals surface area contributed by atoms with E-state index in [1.54, 1.807) is 43.4 Å². The van der Waals surface area contributed by atoms with Crippen molar-refractivity contribution in [2.75, 3.05) is 20.1 Å². The second kappa shape index (κ2) is 9.07. The number of aromatic amines is 1. The molecule has 1 aromatic heterocycles. The van der Waals surface area contributed by atoms with Gasteiger partial charge in [0.15, 0.2) is 0 Å². The van der Waals surface area contributed by atoms with Gasteiger partial charge in [-0.1, -0.05) is 32.0 Å². The SMILES string of the molecule is C[C@@H]1C[C@H](C)CN(S(=O)(=O)c2cccc(C(=O)N(C)Cc3nc4ccccc4c(=O)[nH]3)c2)C1. The Morgan fingerprint density at radius 2 is 1.82 bits per heavy atom. The summed E-state index contributed by atoms with van der Waals surface area (Å²) in [5.74, 6) is 0.574. The number of carbonyl (C=O) groups is 1. The molecule has 1 saturated heterocycles. The fourth-order valence-corrected chi connectivity index (χ4v) is 6.19. The summed E-state index contributed by atoms with van der Waals surface area (Å²) in [6.45, 7) is 5.14. The molecule has 1 N–H and O–H groups in total. The molecule has 0 aliphatic carbocycles. The predicted octanol–water partition coefficient (Wildman–Crippen LogP) is 2.86. The molecule has 0 radical (unpaired) electrons. The number of hydrogen-bond donors (Lipinski definition) is 1. The number of sulfonamides is 1. The molecule has 8 nitrogen and oxygen atoms in total. The van der Waals surface area contributed by atoms with Gasteiger partial charge in [0.2, 0.25) is 10.0 Å². The first-order valence-corrected chi connectivity index (χ1v) is 12.4. The monoisotopic (exact) mass is 468 g/mol. The molecule has 1 amide bonds. The molecule has 33 heavy (non-hydrogen) atoms. The van der Waals surface area contributed by atoms with Crippen LogP contribution in [0.1, 0.15) is 36.5 Å². The Bertz CT molecular complexity index is 1340. The van der Waals surface area contributed by atoms with Crippen LogP contribution in [-0.4, -0.2) is 53.6 Å². The molecule has 2 heterocycles. The minimum Gasteiger partial charge on any atom is -0.334 e. The fourth-order valence-electron chi connectivity index (χ4n) is 4.47. The minimum absolute atomic E-state index is 0.0804. The lowest BCUT2D eigenvalue weighted by atomic mass is 9.94. The molecule has 1 aliphatic heterocycles. The van der Waals surface area contributed by atoms with Crippen LogP contribution in [-0.2, 0) is 16.6 Å². The summed E-state index contributed by atoms with van der Waals surface area (Å²) in [4.78, 5) is 34.0. The second-order valence-electron chi connectivity index (χ2n) is 8.99. The quantitative estimate of drug-likeness (QED) is 0.620. The van der Waals surface area contributed by atoms with Crippen LogP contribution in [0.4, 0.5) is 0 Å².